The standard InChI is InChI=1S/C20H26N6O/c1-13(16-11-18(21)23-20-19(16)24-26-25-20)9-10-22-15-7-8-17(27-12-15)14-5-3-2-4-6-14/h2-6,11,13,15,17,22H,7-10,12H2,1H3,(H3,21,23,24,25,26)/t13?,15-,17+/m1/s1. The van der Waals surface area contributed by atoms with Crippen LogP contribution >= 0.6 is 0 Å². The topological polar surface area (TPSA) is 102 Å². The summed E-state index contributed by atoms with van der Waals surface area (Å²) in [6.45, 7) is 3.86. The minimum absolute atomic E-state index is 0.225. The Kier molecular flexibility index (Phi) is 5.31. The van der Waals surface area contributed by atoms with E-state index in [1.165, 1.54) is 5.56 Å². The molecule has 0 bridgehead atoms. The molecule has 1 unspecified atom stereocenters. The van der Waals surface area contributed by atoms with Gasteiger partial charge in [0.25, 0.3) is 0 Å². The number of nitrogens with one attached hydrogen (secondary N) is 2. The van der Waals surface area contributed by atoms with E-state index in [1.807, 2.05) is 12.1 Å². The number of nitrogens with zero attached hydrogens (tertiary/aromatic N) is 3. The Bertz CT molecular complexity index is 873. The summed E-state index contributed by atoms with van der Waals surface area (Å²) in [7, 11) is 0. The molecule has 7 heteroatoms. The minimum atomic E-state index is 0.225. The highest BCUT2D eigenvalue weighted by molar-refractivity contribution is 5.76. The number of ether oxygens (including phenoxy) is 1. The number of nitrogen functional groups attached to an aromatic ring is 1. The Labute approximate surface area is 158 Å². The lowest BCUT2D eigenvalue weighted by Crippen LogP contribution is -2.38. The summed E-state index contributed by atoms with van der Waals surface area (Å²) in [5.74, 6) is 0.813. The van der Waals surface area contributed by atoms with Crippen LogP contribution in [0, 0.1) is 0 Å². The molecule has 4 N–H and O–H groups in total. The number of aromatic amines is 1. The van der Waals surface area contributed by atoms with Crippen LogP contribution in [0.25, 0.3) is 11.2 Å². The minimum Gasteiger partial charge on any atom is -0.384 e. The molecule has 0 radical (unpaired) electrons. The van der Waals surface area contributed by atoms with E-state index in [9.17, 15) is 0 Å². The van der Waals surface area contributed by atoms with Gasteiger partial charge in [0, 0.05) is 6.04 Å². The van der Waals surface area contributed by atoms with Crippen molar-refractivity contribution >= 4 is 17.0 Å². The zero-order valence-corrected chi connectivity index (χ0v) is 15.6. The Balaban J connectivity index is 1.27. The molecule has 1 aliphatic rings. The molecular weight excluding hydrogens is 340 g/mol. The van der Waals surface area contributed by atoms with E-state index in [1.54, 1.807) is 0 Å². The Morgan fingerprint density at radius 3 is 2.93 bits per heavy atom. The fraction of sp³-hybridized carbons (Fsp3) is 0.450. The molecule has 0 aliphatic carbocycles. The Morgan fingerprint density at radius 2 is 2.15 bits per heavy atom. The molecule has 142 valence electrons. The molecule has 1 fully saturated rings. The van der Waals surface area contributed by atoms with Gasteiger partial charge < -0.3 is 15.8 Å². The number of hydrogen-bond donors (Lipinski definition) is 3. The van der Waals surface area contributed by atoms with Crippen molar-refractivity contribution < 1.29 is 4.74 Å². The Hall–Kier alpha value is -2.51. The summed E-state index contributed by atoms with van der Waals surface area (Å²) in [5, 5.41) is 14.4. The molecule has 1 saturated heterocycles. The molecule has 3 heterocycles. The van der Waals surface area contributed by atoms with Crippen molar-refractivity contribution in [2.45, 2.75) is 44.2 Å². The van der Waals surface area contributed by atoms with Crippen LogP contribution in [0.15, 0.2) is 36.4 Å². The molecule has 7 nitrogen and oxygen atoms in total. The van der Waals surface area contributed by atoms with Gasteiger partial charge in [-0.3, -0.25) is 0 Å². The van der Waals surface area contributed by atoms with Crippen molar-refractivity contribution in [3.63, 3.8) is 0 Å². The number of hydrogen-bond acceptors (Lipinski definition) is 6. The van der Waals surface area contributed by atoms with Crippen LogP contribution in [-0.2, 0) is 4.74 Å². The molecule has 3 atom stereocenters. The number of benzene rings is 1. The maximum atomic E-state index is 6.07. The Morgan fingerprint density at radius 1 is 1.30 bits per heavy atom. The van der Waals surface area contributed by atoms with Crippen LogP contribution in [0.2, 0.25) is 0 Å². The van der Waals surface area contributed by atoms with Gasteiger partial charge in [-0.05, 0) is 48.9 Å². The smallest absolute Gasteiger partial charge is 0.178 e. The fourth-order valence-electron chi connectivity index (χ4n) is 3.76. The number of nitrogens with two attached hydrogens (primary N) is 1. The van der Waals surface area contributed by atoms with Crippen LogP contribution < -0.4 is 11.1 Å². The van der Waals surface area contributed by atoms with Gasteiger partial charge in [0.15, 0.2) is 5.65 Å². The number of anilines is 1. The van der Waals surface area contributed by atoms with Crippen LogP contribution in [0.4, 0.5) is 5.82 Å². The van der Waals surface area contributed by atoms with E-state index in [4.69, 9.17) is 10.5 Å². The maximum absolute atomic E-state index is 6.07. The molecule has 0 spiro atoms. The zero-order chi connectivity index (χ0) is 18.6. The van der Waals surface area contributed by atoms with Crippen molar-refractivity contribution in [1.29, 1.82) is 0 Å². The monoisotopic (exact) mass is 366 g/mol. The number of fused-ring (bicyclic) bond motifs is 1. The average molecular weight is 366 g/mol. The summed E-state index contributed by atoms with van der Waals surface area (Å²) in [6.07, 6.45) is 3.40. The van der Waals surface area contributed by atoms with E-state index in [-0.39, 0.29) is 6.10 Å². The third kappa shape index (κ3) is 4.09. The van der Waals surface area contributed by atoms with Crippen LogP contribution in [0.1, 0.15) is 49.3 Å². The molecule has 4 rings (SSSR count). The predicted octanol–water partition coefficient (Wildman–Crippen LogP) is 2.94. The second-order valence-electron chi connectivity index (χ2n) is 7.30. The number of H-pyrrole nitrogens is 1. The van der Waals surface area contributed by atoms with Gasteiger partial charge in [0.05, 0.1) is 12.7 Å². The lowest BCUT2D eigenvalue weighted by Gasteiger charge is -2.30. The first-order valence-corrected chi connectivity index (χ1v) is 9.58. The van der Waals surface area contributed by atoms with E-state index in [0.29, 0.717) is 23.4 Å². The van der Waals surface area contributed by atoms with Crippen molar-refractivity contribution in [2.24, 2.45) is 0 Å². The van der Waals surface area contributed by atoms with Crippen molar-refractivity contribution in [1.82, 2.24) is 25.7 Å². The third-order valence-electron chi connectivity index (χ3n) is 5.34. The lowest BCUT2D eigenvalue weighted by atomic mass is 9.96. The average Bonchev–Trinajstić information content (AvgIpc) is 3.17. The largest absolute Gasteiger partial charge is 0.384 e. The summed E-state index contributed by atoms with van der Waals surface area (Å²) in [5.41, 5.74) is 9.74. The molecule has 1 aliphatic heterocycles. The maximum Gasteiger partial charge on any atom is 0.178 e. The van der Waals surface area contributed by atoms with Gasteiger partial charge in [0.1, 0.15) is 11.3 Å². The first kappa shape index (κ1) is 17.9. The van der Waals surface area contributed by atoms with Crippen molar-refractivity contribution in [3.05, 3.63) is 47.5 Å². The molecule has 0 saturated carbocycles. The molecule has 0 amide bonds. The second-order valence-corrected chi connectivity index (χ2v) is 7.30. The van der Waals surface area contributed by atoms with Crippen LogP contribution in [0.5, 0.6) is 0 Å². The van der Waals surface area contributed by atoms with E-state index < -0.39 is 0 Å². The number of aromatic nitrogens is 4. The summed E-state index contributed by atoms with van der Waals surface area (Å²) in [6, 6.07) is 12.8. The summed E-state index contributed by atoms with van der Waals surface area (Å²) in [4.78, 5) is 4.23. The van der Waals surface area contributed by atoms with Gasteiger partial charge in [-0.1, -0.05) is 42.5 Å². The molecule has 3 aromatic rings. The van der Waals surface area contributed by atoms with Crippen molar-refractivity contribution in [3.8, 4) is 0 Å². The highest BCUT2D eigenvalue weighted by atomic mass is 16.5. The van der Waals surface area contributed by atoms with Crippen LogP contribution in [0.3, 0.4) is 0 Å². The SMILES string of the molecule is CC(CCN[C@@H]1CC[C@@H](c2ccccc2)OC1)c1cc(N)nc2[nH]nnc12. The first-order valence-electron chi connectivity index (χ1n) is 9.58. The quantitative estimate of drug-likeness (QED) is 0.620. The summed E-state index contributed by atoms with van der Waals surface area (Å²) >= 11 is 0. The first-order chi connectivity index (χ1) is 13.2. The van der Waals surface area contributed by atoms with Crippen molar-refractivity contribution in [2.75, 3.05) is 18.9 Å². The van der Waals surface area contributed by atoms with Gasteiger partial charge >= 0.3 is 0 Å². The van der Waals surface area contributed by atoms with Gasteiger partial charge in [-0.2, -0.15) is 0 Å². The highest BCUT2D eigenvalue weighted by Gasteiger charge is 2.22. The fourth-order valence-corrected chi connectivity index (χ4v) is 3.76. The van der Waals surface area contributed by atoms with E-state index in [0.717, 1.165) is 43.5 Å². The predicted molar refractivity (Wildman–Crippen MR) is 105 cm³/mol. The number of rotatable bonds is 6. The van der Waals surface area contributed by atoms with Crippen LogP contribution in [-0.4, -0.2) is 39.6 Å². The van der Waals surface area contributed by atoms with E-state index >= 15 is 0 Å². The molecule has 1 aromatic carbocycles. The van der Waals surface area contributed by atoms with E-state index in [2.05, 4.69) is 56.9 Å². The molecule has 2 aromatic heterocycles. The summed E-state index contributed by atoms with van der Waals surface area (Å²) < 4.78 is 6.07. The number of pyridine rings is 1. The lowest BCUT2D eigenvalue weighted by molar-refractivity contribution is -0.00400. The van der Waals surface area contributed by atoms with Gasteiger partial charge in [-0.25, -0.2) is 10.1 Å². The third-order valence-corrected chi connectivity index (χ3v) is 5.34. The second kappa shape index (κ2) is 8.02. The highest BCUT2D eigenvalue weighted by Crippen LogP contribution is 2.28. The normalized spacial score (nSPS) is 21.4. The van der Waals surface area contributed by atoms with Gasteiger partial charge in [0.2, 0.25) is 0 Å². The molecular formula is C20H26N6O. The molecule has 27 heavy (non-hydrogen) atoms. The zero-order valence-electron chi connectivity index (χ0n) is 15.6. The van der Waals surface area contributed by atoms with Gasteiger partial charge in [-0.15, -0.1) is 5.10 Å².